The number of amides is 2. The summed E-state index contributed by atoms with van der Waals surface area (Å²) in [6.07, 6.45) is 0. The van der Waals surface area contributed by atoms with Crippen molar-refractivity contribution in [2.75, 3.05) is 22.7 Å². The van der Waals surface area contributed by atoms with Gasteiger partial charge in [0, 0.05) is 34.3 Å². The quantitative estimate of drug-likeness (QED) is 0.0908. The van der Waals surface area contributed by atoms with E-state index in [2.05, 4.69) is 38.1 Å². The largest absolute Gasteiger partial charge is 1.00 e. The van der Waals surface area contributed by atoms with Gasteiger partial charge in [0.05, 0.1) is 7.11 Å². The zero-order chi connectivity index (χ0) is 27.7. The Bertz CT molecular complexity index is 925. The zero-order valence-electron chi connectivity index (χ0n) is 24.5. The first-order valence-corrected chi connectivity index (χ1v) is 12.6. The molecule has 0 aliphatic carbocycles. The standard InChI is InChI=1S/C12H17NO2.C11H15NO2.CH3I.CH2O3.2K.H/c1-12(2,3)11(14)13-9-6-5-7-10(8-9)15-4;1-11(2,3)10(14)12-8-5-4-6-9(13)7-8;1-2;2-1-4-3;;;/h5-8H,1-4H3,(H,13,14);4-7,13H,1-3H3,(H,12,14);1H3;1,3H;;;/q;;;;2*+1;-1/p-1. The number of benzene rings is 2. The average Bonchev–Trinajstić information content (AvgIpc) is 2.80. The predicted molar refractivity (Wildman–Crippen MR) is 145 cm³/mol. The van der Waals surface area contributed by atoms with Gasteiger partial charge in [0.25, 0.3) is 6.47 Å². The van der Waals surface area contributed by atoms with Crippen molar-refractivity contribution in [3.05, 3.63) is 48.5 Å². The van der Waals surface area contributed by atoms with E-state index in [1.54, 1.807) is 31.4 Å². The predicted octanol–water partition coefficient (Wildman–Crippen LogP) is -1.34. The van der Waals surface area contributed by atoms with Crippen LogP contribution in [0.25, 0.3) is 0 Å². The molecule has 0 heterocycles. The van der Waals surface area contributed by atoms with E-state index < -0.39 is 5.41 Å². The summed E-state index contributed by atoms with van der Waals surface area (Å²) in [6, 6.07) is 13.8. The van der Waals surface area contributed by atoms with Crippen LogP contribution in [0, 0.1) is 10.8 Å². The molecule has 9 nitrogen and oxygen atoms in total. The van der Waals surface area contributed by atoms with Gasteiger partial charge in [-0.3, -0.25) is 14.4 Å². The fourth-order valence-electron chi connectivity index (χ4n) is 1.92. The van der Waals surface area contributed by atoms with Gasteiger partial charge in [-0.1, -0.05) is 76.3 Å². The number of hydrogen-bond donors (Lipinski definition) is 3. The molecule has 12 heteroatoms. The van der Waals surface area contributed by atoms with Gasteiger partial charge < -0.3 is 32.0 Å². The van der Waals surface area contributed by atoms with E-state index in [0.717, 1.165) is 11.4 Å². The first kappa shape index (κ1) is 44.4. The van der Waals surface area contributed by atoms with Gasteiger partial charge in [-0.2, -0.15) is 0 Å². The SMILES string of the molecule is CC(C)(C)C(=O)Nc1cccc(O)c1.CI.COc1cccc(NC(=O)C(C)(C)C)c1.O=CO[O-].[H-].[K+].[K+]. The molecular formula is C25H37IK2N2O7. The van der Waals surface area contributed by atoms with Gasteiger partial charge in [-0.15, -0.1) is 0 Å². The van der Waals surface area contributed by atoms with E-state index in [1.165, 1.54) is 6.07 Å². The minimum absolute atomic E-state index is 0. The van der Waals surface area contributed by atoms with Crippen LogP contribution in [-0.2, 0) is 19.3 Å². The van der Waals surface area contributed by atoms with Crippen molar-refractivity contribution < 1.29 is 139 Å². The molecule has 198 valence electrons. The van der Waals surface area contributed by atoms with Crippen molar-refractivity contribution in [1.29, 1.82) is 0 Å². The normalized spacial score (nSPS) is 9.35. The Hall–Kier alpha value is 0.413. The number of phenolic OH excluding ortho intramolecular Hbond substituents is 1. The zero-order valence-corrected chi connectivity index (χ0v) is 31.9. The second-order valence-electron chi connectivity index (χ2n) is 8.88. The van der Waals surface area contributed by atoms with Crippen molar-refractivity contribution in [2.45, 2.75) is 41.5 Å². The van der Waals surface area contributed by atoms with Crippen molar-refractivity contribution in [3.8, 4) is 11.5 Å². The Morgan fingerprint density at radius 3 is 1.59 bits per heavy atom. The average molecular weight is 683 g/mol. The molecule has 3 N–H and O–H groups in total. The number of rotatable bonds is 4. The molecule has 0 spiro atoms. The van der Waals surface area contributed by atoms with E-state index >= 15 is 0 Å². The molecule has 37 heavy (non-hydrogen) atoms. The minimum atomic E-state index is -0.425. The van der Waals surface area contributed by atoms with Gasteiger partial charge >= 0.3 is 103 Å². The molecule has 2 aromatic carbocycles. The number of phenols is 1. The Kier molecular flexibility index (Phi) is 29.1. The van der Waals surface area contributed by atoms with Gasteiger partial charge in [0.2, 0.25) is 11.8 Å². The Morgan fingerprint density at radius 2 is 1.27 bits per heavy atom. The summed E-state index contributed by atoms with van der Waals surface area (Å²) in [5.74, 6) is 0.817. The van der Waals surface area contributed by atoms with E-state index in [9.17, 15) is 14.7 Å². The smallest absolute Gasteiger partial charge is 1.00 e. The fourth-order valence-corrected chi connectivity index (χ4v) is 1.92. The van der Waals surface area contributed by atoms with Crippen molar-refractivity contribution in [2.24, 2.45) is 10.8 Å². The molecule has 0 saturated carbocycles. The maximum absolute atomic E-state index is 11.7. The number of carbonyl (C=O) groups excluding carboxylic acids is 3. The van der Waals surface area contributed by atoms with Crippen LogP contribution >= 0.6 is 22.6 Å². The van der Waals surface area contributed by atoms with Crippen LogP contribution in [-0.4, -0.2) is 35.4 Å². The number of nitrogens with one attached hydrogen (secondary N) is 2. The maximum atomic E-state index is 11.7. The van der Waals surface area contributed by atoms with E-state index in [4.69, 9.17) is 14.8 Å². The molecule has 0 atom stereocenters. The first-order chi connectivity index (χ1) is 16.2. The van der Waals surface area contributed by atoms with E-state index in [-0.39, 0.29) is 134 Å². The van der Waals surface area contributed by atoms with Gasteiger partial charge in [0.15, 0.2) is 0 Å². The van der Waals surface area contributed by atoms with Gasteiger partial charge in [-0.25, -0.2) is 0 Å². The number of hydrogen-bond acceptors (Lipinski definition) is 7. The molecule has 0 fully saturated rings. The summed E-state index contributed by atoms with van der Waals surface area (Å²) in [7, 11) is 1.60. The Labute approximate surface area is 320 Å². The number of halogens is 1. The van der Waals surface area contributed by atoms with E-state index in [0.29, 0.717) is 5.69 Å². The number of carbonyl (C=O) groups is 3. The second-order valence-corrected chi connectivity index (χ2v) is 8.88. The molecule has 2 amide bonds. The fraction of sp³-hybridized carbons (Fsp3) is 0.400. The van der Waals surface area contributed by atoms with Crippen LogP contribution in [0.4, 0.5) is 11.4 Å². The molecule has 0 saturated heterocycles. The van der Waals surface area contributed by atoms with Crippen molar-refractivity contribution in [1.82, 2.24) is 0 Å². The van der Waals surface area contributed by atoms with Gasteiger partial charge in [-0.05, 0) is 29.2 Å². The van der Waals surface area contributed by atoms with Crippen molar-refractivity contribution >= 4 is 52.3 Å². The number of alkyl halides is 1. The maximum Gasteiger partial charge on any atom is 1.00 e. The molecule has 2 rings (SSSR count). The number of methoxy groups -OCH3 is 1. The summed E-state index contributed by atoms with van der Waals surface area (Å²) in [4.78, 5) is 36.5. The number of aromatic hydroxyl groups is 1. The molecule has 0 bridgehead atoms. The summed E-state index contributed by atoms with van der Waals surface area (Å²) < 4.78 is 5.07. The summed E-state index contributed by atoms with van der Waals surface area (Å²) in [6.45, 7) is 11.0. The van der Waals surface area contributed by atoms with E-state index in [1.807, 2.05) is 64.7 Å². The third kappa shape index (κ3) is 22.9. The van der Waals surface area contributed by atoms with Crippen LogP contribution in [0.3, 0.4) is 0 Å². The van der Waals surface area contributed by atoms with Crippen LogP contribution in [0.15, 0.2) is 48.5 Å². The van der Waals surface area contributed by atoms with Crippen LogP contribution in [0.5, 0.6) is 11.5 Å². The summed E-state index contributed by atoms with van der Waals surface area (Å²) in [5.41, 5.74) is 0.563. The van der Waals surface area contributed by atoms with Gasteiger partial charge in [0.1, 0.15) is 11.5 Å². The third-order valence-corrected chi connectivity index (χ3v) is 3.83. The number of ether oxygens (including phenoxy) is 1. The van der Waals surface area contributed by atoms with Crippen molar-refractivity contribution in [3.63, 3.8) is 0 Å². The molecule has 0 aliphatic heterocycles. The summed E-state index contributed by atoms with van der Waals surface area (Å²) in [5, 5.41) is 23.2. The van der Waals surface area contributed by atoms with Crippen LogP contribution in [0.2, 0.25) is 0 Å². The second kappa shape index (κ2) is 24.2. The molecule has 0 radical (unpaired) electrons. The molecule has 0 unspecified atom stereocenters. The Morgan fingerprint density at radius 1 is 0.892 bits per heavy atom. The third-order valence-electron chi connectivity index (χ3n) is 3.83. The van der Waals surface area contributed by atoms with Crippen LogP contribution < -0.4 is 123 Å². The molecule has 2 aromatic rings. The van der Waals surface area contributed by atoms with Crippen LogP contribution in [0.1, 0.15) is 43.0 Å². The monoisotopic (exact) mass is 682 g/mol. The molecule has 0 aromatic heterocycles. The number of anilines is 2. The minimum Gasteiger partial charge on any atom is -1.00 e. The Balaban J connectivity index is -0.000000149. The first-order valence-electron chi connectivity index (χ1n) is 10.4. The molecule has 0 aliphatic rings. The summed E-state index contributed by atoms with van der Waals surface area (Å²) >= 11 is 2.15. The molecular weight excluding hydrogens is 645 g/mol. The topological polar surface area (TPSA) is 137 Å².